The van der Waals surface area contributed by atoms with Crippen LogP contribution in [0.15, 0.2) is 168 Å². The Balaban J connectivity index is 1.65. The van der Waals surface area contributed by atoms with Crippen molar-refractivity contribution in [2.24, 2.45) is 5.92 Å². The van der Waals surface area contributed by atoms with E-state index in [0.717, 1.165) is 12.2 Å². The molecule has 0 amide bonds. The Hall–Kier alpha value is -3.54. The molecular weight excluding hydrogens is 562 g/mol. The van der Waals surface area contributed by atoms with Crippen molar-refractivity contribution in [1.82, 2.24) is 0 Å². The summed E-state index contributed by atoms with van der Waals surface area (Å²) in [6.45, 7) is 2.37. The van der Waals surface area contributed by atoms with Crippen molar-refractivity contribution >= 4 is 37.1 Å². The normalized spacial score (nSPS) is 20.3. The largest absolute Gasteiger partial charge is 0.496 e. The number of allylic oxidation sites excluding steroid dienone is 4. The average Bonchev–Trinajstić information content (AvgIpc) is 3.07. The quantitative estimate of drug-likeness (QED) is 0.182. The summed E-state index contributed by atoms with van der Waals surface area (Å²) >= 11 is 0. The zero-order valence-corrected chi connectivity index (χ0v) is 26.8. The second kappa shape index (κ2) is 13.8. The molecule has 0 N–H and O–H groups in total. The molecular formula is C39H38O2P2. The van der Waals surface area contributed by atoms with Crippen molar-refractivity contribution in [2.45, 2.75) is 25.1 Å². The van der Waals surface area contributed by atoms with Crippen molar-refractivity contribution in [1.29, 1.82) is 0 Å². The van der Waals surface area contributed by atoms with Gasteiger partial charge in [0.1, 0.15) is 5.76 Å². The van der Waals surface area contributed by atoms with Gasteiger partial charge in [-0.2, -0.15) is 0 Å². The molecule has 2 aliphatic rings. The predicted octanol–water partition coefficient (Wildman–Crippen LogP) is 7.96. The lowest BCUT2D eigenvalue weighted by atomic mass is 9.84. The van der Waals surface area contributed by atoms with E-state index in [4.69, 9.17) is 9.47 Å². The molecule has 2 aliphatic carbocycles. The molecule has 0 fully saturated rings. The van der Waals surface area contributed by atoms with Gasteiger partial charge in [0.05, 0.1) is 13.2 Å². The standard InChI is InChI=1S/C39H38O2P2/c1-29-27-28-35(41-3)38(39(29)43(32-21-12-6-13-22-32)33-23-14-7-15-24-33)37-34(40-2)25-16-26-36(37)42(30-17-8-4-9-18-30)31-19-10-5-11-20-31/h4-24,26-29,34,39H,25H2,1-3H3. The Morgan fingerprint density at radius 3 is 1.56 bits per heavy atom. The summed E-state index contributed by atoms with van der Waals surface area (Å²) in [5.41, 5.74) is 2.79. The van der Waals surface area contributed by atoms with Crippen LogP contribution in [-0.4, -0.2) is 26.0 Å². The van der Waals surface area contributed by atoms with Gasteiger partial charge in [0.15, 0.2) is 0 Å². The Morgan fingerprint density at radius 2 is 1.09 bits per heavy atom. The molecule has 43 heavy (non-hydrogen) atoms. The second-order valence-electron chi connectivity index (χ2n) is 10.9. The molecule has 4 heteroatoms. The average molecular weight is 601 g/mol. The third kappa shape index (κ3) is 6.11. The maximum atomic E-state index is 6.37. The fourth-order valence-electron chi connectivity index (χ4n) is 6.30. The monoisotopic (exact) mass is 600 g/mol. The lowest BCUT2D eigenvalue weighted by molar-refractivity contribution is 0.133. The van der Waals surface area contributed by atoms with Crippen LogP contribution in [-0.2, 0) is 9.47 Å². The van der Waals surface area contributed by atoms with Crippen LogP contribution >= 0.6 is 15.8 Å². The van der Waals surface area contributed by atoms with Crippen LogP contribution in [0.3, 0.4) is 0 Å². The highest BCUT2D eigenvalue weighted by Gasteiger charge is 2.41. The van der Waals surface area contributed by atoms with Gasteiger partial charge in [-0.25, -0.2) is 0 Å². The zero-order chi connectivity index (χ0) is 29.6. The molecule has 3 unspecified atom stereocenters. The smallest absolute Gasteiger partial charge is 0.122 e. The molecule has 0 aliphatic heterocycles. The van der Waals surface area contributed by atoms with Crippen molar-refractivity contribution in [3.8, 4) is 0 Å². The molecule has 216 valence electrons. The van der Waals surface area contributed by atoms with Crippen LogP contribution in [0.5, 0.6) is 0 Å². The fraction of sp³-hybridized carbons (Fsp3) is 0.179. The minimum atomic E-state index is -0.844. The Morgan fingerprint density at radius 1 is 0.605 bits per heavy atom. The van der Waals surface area contributed by atoms with Gasteiger partial charge in [-0.15, -0.1) is 0 Å². The number of hydrogen-bond acceptors (Lipinski definition) is 2. The van der Waals surface area contributed by atoms with Crippen LogP contribution in [0, 0.1) is 5.92 Å². The number of ether oxygens (including phenoxy) is 2. The topological polar surface area (TPSA) is 18.5 Å². The predicted molar refractivity (Wildman–Crippen MR) is 186 cm³/mol. The van der Waals surface area contributed by atoms with Crippen LogP contribution in [0.2, 0.25) is 0 Å². The number of methoxy groups -OCH3 is 2. The molecule has 4 aromatic rings. The molecule has 2 nitrogen and oxygen atoms in total. The second-order valence-corrected chi connectivity index (χ2v) is 15.4. The van der Waals surface area contributed by atoms with E-state index in [2.05, 4.69) is 153 Å². The van der Waals surface area contributed by atoms with E-state index >= 15 is 0 Å². The summed E-state index contributed by atoms with van der Waals surface area (Å²) in [5, 5.41) is 6.76. The molecule has 0 saturated carbocycles. The first-order valence-corrected chi connectivity index (χ1v) is 17.7. The highest BCUT2D eigenvalue weighted by atomic mass is 31.1. The molecule has 0 aromatic heterocycles. The molecule has 0 saturated heterocycles. The van der Waals surface area contributed by atoms with Crippen LogP contribution in [0.25, 0.3) is 0 Å². The van der Waals surface area contributed by atoms with Gasteiger partial charge >= 0.3 is 0 Å². The van der Waals surface area contributed by atoms with Gasteiger partial charge < -0.3 is 9.47 Å². The summed E-state index contributed by atoms with van der Waals surface area (Å²) in [4.78, 5) is 0. The maximum Gasteiger partial charge on any atom is 0.122 e. The number of rotatable bonds is 9. The molecule has 4 aromatic carbocycles. The molecule has 3 atom stereocenters. The number of benzene rings is 4. The minimum absolute atomic E-state index is 0.0674. The first kappa shape index (κ1) is 29.5. The first-order chi connectivity index (χ1) is 21.2. The van der Waals surface area contributed by atoms with Crippen molar-refractivity contribution in [3.05, 3.63) is 168 Å². The molecule has 0 heterocycles. The van der Waals surface area contributed by atoms with Gasteiger partial charge in [-0.05, 0) is 66.4 Å². The highest BCUT2D eigenvalue weighted by molar-refractivity contribution is 7.77. The summed E-state index contributed by atoms with van der Waals surface area (Å²) in [5.74, 6) is 1.25. The summed E-state index contributed by atoms with van der Waals surface area (Å²) in [6.07, 6.45) is 9.98. The van der Waals surface area contributed by atoms with Gasteiger partial charge in [0, 0.05) is 18.3 Å². The minimum Gasteiger partial charge on any atom is -0.496 e. The molecule has 0 bridgehead atoms. The Labute approximate surface area is 259 Å². The fourth-order valence-corrected chi connectivity index (χ4v) is 11.9. The lowest BCUT2D eigenvalue weighted by Gasteiger charge is -2.41. The van der Waals surface area contributed by atoms with Gasteiger partial charge in [0.25, 0.3) is 0 Å². The van der Waals surface area contributed by atoms with Crippen LogP contribution < -0.4 is 21.2 Å². The lowest BCUT2D eigenvalue weighted by Crippen LogP contribution is -2.34. The van der Waals surface area contributed by atoms with E-state index in [1.807, 2.05) is 14.2 Å². The molecule has 0 spiro atoms. The van der Waals surface area contributed by atoms with E-state index in [9.17, 15) is 0 Å². The summed E-state index contributed by atoms with van der Waals surface area (Å²) < 4.78 is 12.7. The van der Waals surface area contributed by atoms with E-state index in [1.54, 1.807) is 0 Å². The molecule has 6 rings (SSSR count). The van der Waals surface area contributed by atoms with Crippen molar-refractivity contribution in [3.63, 3.8) is 0 Å². The summed E-state index contributed by atoms with van der Waals surface area (Å²) in [7, 11) is 2.06. The van der Waals surface area contributed by atoms with E-state index < -0.39 is 15.8 Å². The van der Waals surface area contributed by atoms with Crippen molar-refractivity contribution in [2.75, 3.05) is 14.2 Å². The SMILES string of the molecule is COC1=C(C2=C(P(c3ccccc3)c3ccccc3)C=CCC2OC)C(P(c2ccccc2)c2ccccc2)C(C)C=C1. The zero-order valence-electron chi connectivity index (χ0n) is 25.0. The third-order valence-corrected chi connectivity index (χ3v) is 13.7. The molecule has 0 radical (unpaired) electrons. The Kier molecular flexibility index (Phi) is 9.50. The van der Waals surface area contributed by atoms with Crippen LogP contribution in [0.4, 0.5) is 0 Å². The van der Waals surface area contributed by atoms with Gasteiger partial charge in [0.2, 0.25) is 0 Å². The van der Waals surface area contributed by atoms with Crippen molar-refractivity contribution < 1.29 is 9.47 Å². The van der Waals surface area contributed by atoms with Gasteiger partial charge in [-0.3, -0.25) is 0 Å². The highest BCUT2D eigenvalue weighted by Crippen LogP contribution is 2.56. The van der Waals surface area contributed by atoms with Gasteiger partial charge in [-0.1, -0.05) is 146 Å². The summed E-state index contributed by atoms with van der Waals surface area (Å²) in [6, 6.07) is 44.1. The number of hydrogen-bond donors (Lipinski definition) is 0. The van der Waals surface area contributed by atoms with E-state index in [-0.39, 0.29) is 11.8 Å². The third-order valence-electron chi connectivity index (χ3n) is 8.25. The Bertz CT molecular complexity index is 1550. The van der Waals surface area contributed by atoms with E-state index in [0.29, 0.717) is 5.92 Å². The van der Waals surface area contributed by atoms with E-state index in [1.165, 1.54) is 37.7 Å². The van der Waals surface area contributed by atoms with Crippen LogP contribution in [0.1, 0.15) is 13.3 Å². The first-order valence-electron chi connectivity index (χ1n) is 14.9. The maximum absolute atomic E-state index is 6.37.